The molecule has 0 radical (unpaired) electrons. The van der Waals surface area contributed by atoms with Crippen molar-refractivity contribution < 1.29 is 9.53 Å². The summed E-state index contributed by atoms with van der Waals surface area (Å²) in [6, 6.07) is 6.91. The second kappa shape index (κ2) is 5.14. The molecule has 72 valence electrons. The van der Waals surface area contributed by atoms with Crippen LogP contribution < -0.4 is 5.32 Å². The molecular weight excluding hydrogens is 200 g/mol. The number of carbonyl (C=O) groups excluding carboxylic acids is 1. The molecule has 1 N–H and O–H groups in total. The Bertz CT molecular complexity index is 356. The molecule has 0 aliphatic rings. The van der Waals surface area contributed by atoms with E-state index >= 15 is 0 Å². The van der Waals surface area contributed by atoms with Gasteiger partial charge in [-0.1, -0.05) is 0 Å². The van der Waals surface area contributed by atoms with Gasteiger partial charge in [0.15, 0.2) is 0 Å². The van der Waals surface area contributed by atoms with Gasteiger partial charge in [-0.25, -0.2) is 4.79 Å². The van der Waals surface area contributed by atoms with Gasteiger partial charge in [0, 0.05) is 10.6 Å². The second-order valence-corrected chi connectivity index (χ2v) is 3.19. The topological polar surface area (TPSA) is 62.1 Å². The quantitative estimate of drug-likeness (QED) is 0.599. The molecule has 1 aromatic rings. The van der Waals surface area contributed by atoms with Gasteiger partial charge in [0.2, 0.25) is 0 Å². The minimum atomic E-state index is -0.509. The fraction of sp³-hybridized carbons (Fsp3) is 0.111. The monoisotopic (exact) mass is 208 g/mol. The van der Waals surface area contributed by atoms with E-state index in [0.29, 0.717) is 5.69 Å². The first-order valence-electron chi connectivity index (χ1n) is 3.77. The molecule has 0 saturated heterocycles. The number of rotatable bonds is 2. The fourth-order valence-electron chi connectivity index (χ4n) is 0.828. The van der Waals surface area contributed by atoms with Gasteiger partial charge >= 0.3 is 6.09 Å². The maximum absolute atomic E-state index is 10.8. The van der Waals surface area contributed by atoms with Crippen LogP contribution in [-0.4, -0.2) is 13.2 Å². The number of carbonyl (C=O) groups is 1. The van der Waals surface area contributed by atoms with E-state index in [9.17, 15) is 4.79 Å². The van der Waals surface area contributed by atoms with Crippen LogP contribution in [0.15, 0.2) is 29.2 Å². The Hall–Kier alpha value is -1.67. The third kappa shape index (κ3) is 2.99. The lowest BCUT2D eigenvalue weighted by Crippen LogP contribution is -2.10. The molecule has 0 bridgehead atoms. The SMILES string of the molecule is COC(=O)Nc1ccc(SC#N)cc1. The van der Waals surface area contributed by atoms with Crippen molar-refractivity contribution in [3.8, 4) is 5.40 Å². The molecule has 0 unspecified atom stereocenters. The van der Waals surface area contributed by atoms with Crippen molar-refractivity contribution in [3.63, 3.8) is 0 Å². The highest BCUT2D eigenvalue weighted by Crippen LogP contribution is 2.18. The molecule has 1 amide bonds. The second-order valence-electron chi connectivity index (χ2n) is 2.33. The van der Waals surface area contributed by atoms with Crippen molar-refractivity contribution >= 4 is 23.5 Å². The number of ether oxygens (including phenoxy) is 1. The zero-order chi connectivity index (χ0) is 10.4. The molecule has 0 aliphatic heterocycles. The number of nitrogens with one attached hydrogen (secondary N) is 1. The first-order chi connectivity index (χ1) is 6.76. The van der Waals surface area contributed by atoms with Gasteiger partial charge in [0.25, 0.3) is 0 Å². The summed E-state index contributed by atoms with van der Waals surface area (Å²) in [5, 5.41) is 12.9. The van der Waals surface area contributed by atoms with Crippen molar-refractivity contribution in [1.29, 1.82) is 5.26 Å². The van der Waals surface area contributed by atoms with Crippen LogP contribution in [0.1, 0.15) is 0 Å². The Labute approximate surface area is 85.9 Å². The highest BCUT2D eigenvalue weighted by Gasteiger charge is 1.99. The Morgan fingerprint density at radius 3 is 2.64 bits per heavy atom. The molecule has 0 spiro atoms. The van der Waals surface area contributed by atoms with Crippen LogP contribution in [0, 0.1) is 10.7 Å². The van der Waals surface area contributed by atoms with Gasteiger partial charge in [0.1, 0.15) is 5.40 Å². The van der Waals surface area contributed by atoms with Gasteiger partial charge in [-0.05, 0) is 36.0 Å². The molecule has 0 atom stereocenters. The van der Waals surface area contributed by atoms with Crippen molar-refractivity contribution in [3.05, 3.63) is 24.3 Å². The lowest BCUT2D eigenvalue weighted by Gasteiger charge is -2.02. The highest BCUT2D eigenvalue weighted by molar-refractivity contribution is 8.03. The lowest BCUT2D eigenvalue weighted by atomic mass is 10.3. The third-order valence-corrected chi connectivity index (χ3v) is 2.05. The van der Waals surface area contributed by atoms with Crippen LogP contribution >= 0.6 is 11.8 Å². The van der Waals surface area contributed by atoms with E-state index in [1.165, 1.54) is 7.11 Å². The Balaban J connectivity index is 2.65. The van der Waals surface area contributed by atoms with E-state index in [-0.39, 0.29) is 0 Å². The zero-order valence-electron chi connectivity index (χ0n) is 7.48. The molecule has 5 heteroatoms. The molecule has 0 heterocycles. The lowest BCUT2D eigenvalue weighted by molar-refractivity contribution is 0.187. The van der Waals surface area contributed by atoms with Crippen LogP contribution in [0.5, 0.6) is 0 Å². The highest BCUT2D eigenvalue weighted by atomic mass is 32.2. The van der Waals surface area contributed by atoms with E-state index in [0.717, 1.165) is 16.7 Å². The maximum Gasteiger partial charge on any atom is 0.411 e. The Morgan fingerprint density at radius 2 is 2.14 bits per heavy atom. The first-order valence-corrected chi connectivity index (χ1v) is 4.59. The normalized spacial score (nSPS) is 8.86. The number of nitrogens with zero attached hydrogens (tertiary/aromatic N) is 1. The molecule has 0 saturated carbocycles. The van der Waals surface area contributed by atoms with E-state index in [1.807, 2.05) is 5.40 Å². The predicted octanol–water partition coefficient (Wildman–Crippen LogP) is 2.44. The van der Waals surface area contributed by atoms with Gasteiger partial charge in [-0.3, -0.25) is 5.32 Å². The summed E-state index contributed by atoms with van der Waals surface area (Å²) < 4.78 is 4.42. The summed E-state index contributed by atoms with van der Waals surface area (Å²) in [6.07, 6.45) is -0.509. The summed E-state index contributed by atoms with van der Waals surface area (Å²) in [5.74, 6) is 0. The van der Waals surface area contributed by atoms with E-state index in [4.69, 9.17) is 5.26 Å². The number of anilines is 1. The summed E-state index contributed by atoms with van der Waals surface area (Å²) in [7, 11) is 1.30. The molecule has 4 nitrogen and oxygen atoms in total. The average Bonchev–Trinajstić information content (AvgIpc) is 2.21. The number of nitriles is 1. The van der Waals surface area contributed by atoms with Crippen molar-refractivity contribution in [2.75, 3.05) is 12.4 Å². The number of methoxy groups -OCH3 is 1. The number of benzene rings is 1. The molecule has 0 aromatic heterocycles. The average molecular weight is 208 g/mol. The molecule has 14 heavy (non-hydrogen) atoms. The van der Waals surface area contributed by atoms with Crippen LogP contribution in [0.25, 0.3) is 0 Å². The van der Waals surface area contributed by atoms with Crippen molar-refractivity contribution in [1.82, 2.24) is 0 Å². The zero-order valence-corrected chi connectivity index (χ0v) is 8.30. The maximum atomic E-state index is 10.8. The molecule has 1 aromatic carbocycles. The summed E-state index contributed by atoms with van der Waals surface area (Å²) >= 11 is 1.07. The summed E-state index contributed by atoms with van der Waals surface area (Å²) in [4.78, 5) is 11.6. The molecule has 1 rings (SSSR count). The van der Waals surface area contributed by atoms with Gasteiger partial charge < -0.3 is 4.74 Å². The van der Waals surface area contributed by atoms with Gasteiger partial charge in [-0.2, -0.15) is 5.26 Å². The molecular formula is C9H8N2O2S. The predicted molar refractivity (Wildman–Crippen MR) is 53.9 cm³/mol. The van der Waals surface area contributed by atoms with Gasteiger partial charge in [-0.15, -0.1) is 0 Å². The fourth-order valence-corrected chi connectivity index (χ4v) is 1.21. The number of hydrogen-bond donors (Lipinski definition) is 1. The standard InChI is InChI=1S/C9H8N2O2S/c1-13-9(12)11-7-2-4-8(5-3-7)14-6-10/h2-5H,1H3,(H,11,12). The largest absolute Gasteiger partial charge is 0.453 e. The number of thioether (sulfide) groups is 1. The van der Waals surface area contributed by atoms with E-state index in [2.05, 4.69) is 10.1 Å². The third-order valence-electron chi connectivity index (χ3n) is 1.45. The van der Waals surface area contributed by atoms with E-state index in [1.54, 1.807) is 24.3 Å². The molecule has 0 fully saturated rings. The number of thiocyanates is 1. The molecule has 0 aliphatic carbocycles. The van der Waals surface area contributed by atoms with Crippen LogP contribution in [-0.2, 0) is 4.74 Å². The minimum Gasteiger partial charge on any atom is -0.453 e. The smallest absolute Gasteiger partial charge is 0.411 e. The number of amides is 1. The number of hydrogen-bond acceptors (Lipinski definition) is 4. The van der Waals surface area contributed by atoms with Crippen molar-refractivity contribution in [2.45, 2.75) is 4.90 Å². The Morgan fingerprint density at radius 1 is 1.50 bits per heavy atom. The summed E-state index contributed by atoms with van der Waals surface area (Å²) in [5.41, 5.74) is 0.638. The van der Waals surface area contributed by atoms with Crippen molar-refractivity contribution in [2.24, 2.45) is 0 Å². The summed E-state index contributed by atoms with van der Waals surface area (Å²) in [6.45, 7) is 0. The van der Waals surface area contributed by atoms with Crippen LogP contribution in [0.2, 0.25) is 0 Å². The Kier molecular flexibility index (Phi) is 3.83. The first kappa shape index (κ1) is 10.4. The van der Waals surface area contributed by atoms with Crippen LogP contribution in [0.4, 0.5) is 10.5 Å². The van der Waals surface area contributed by atoms with Crippen LogP contribution in [0.3, 0.4) is 0 Å². The van der Waals surface area contributed by atoms with E-state index < -0.39 is 6.09 Å². The van der Waals surface area contributed by atoms with Gasteiger partial charge in [0.05, 0.1) is 7.11 Å². The minimum absolute atomic E-state index is 0.509.